The van der Waals surface area contributed by atoms with Gasteiger partial charge in [-0.3, -0.25) is 4.79 Å². The third-order valence-electron chi connectivity index (χ3n) is 2.76. The Bertz CT molecular complexity index is 490. The topological polar surface area (TPSA) is 38.3 Å². The summed E-state index contributed by atoms with van der Waals surface area (Å²) in [7, 11) is 0. The van der Waals surface area contributed by atoms with Crippen LogP contribution in [-0.4, -0.2) is 31.2 Å². The van der Waals surface area contributed by atoms with Crippen LogP contribution in [0.5, 0.6) is 5.75 Å². The molecule has 0 unspecified atom stereocenters. The largest absolute Gasteiger partial charge is 0.484 e. The van der Waals surface area contributed by atoms with Crippen molar-refractivity contribution in [3.05, 3.63) is 29.8 Å². The molecule has 3 nitrogen and oxygen atoms in total. The second-order valence-electron chi connectivity index (χ2n) is 4.64. The number of rotatable bonds is 7. The number of halogens is 5. The molecule has 0 fully saturated rings. The molecule has 1 aromatic rings. The van der Waals surface area contributed by atoms with Gasteiger partial charge in [0, 0.05) is 0 Å². The van der Waals surface area contributed by atoms with Gasteiger partial charge < -0.3 is 10.1 Å². The van der Waals surface area contributed by atoms with Crippen molar-refractivity contribution < 1.29 is 31.5 Å². The molecule has 0 saturated heterocycles. The van der Waals surface area contributed by atoms with Gasteiger partial charge in [0.05, 0.1) is 12.5 Å². The molecule has 1 amide bonds. The molecule has 0 spiro atoms. The van der Waals surface area contributed by atoms with Crippen molar-refractivity contribution in [3.8, 4) is 5.75 Å². The van der Waals surface area contributed by atoms with E-state index in [1.54, 1.807) is 0 Å². The Morgan fingerprint density at radius 3 is 2.55 bits per heavy atom. The monoisotopic (exact) mass is 325 g/mol. The molecule has 0 radical (unpaired) electrons. The van der Waals surface area contributed by atoms with Gasteiger partial charge in [0.1, 0.15) is 5.75 Å². The number of hydrogen-bond donors (Lipinski definition) is 1. The molecule has 124 valence electrons. The maximum Gasteiger partial charge on any atom is 0.422 e. The van der Waals surface area contributed by atoms with E-state index in [0.717, 1.165) is 0 Å². The molecule has 1 aromatic carbocycles. The zero-order chi connectivity index (χ0) is 16.8. The lowest BCUT2D eigenvalue weighted by atomic mass is 10.1. The molecule has 0 saturated carbocycles. The fraction of sp³-hybridized carbons (Fsp3) is 0.500. The summed E-state index contributed by atoms with van der Waals surface area (Å²) in [4.78, 5) is 11.6. The first-order chi connectivity index (χ1) is 10.2. The smallest absolute Gasteiger partial charge is 0.422 e. The maximum atomic E-state index is 12.5. The lowest BCUT2D eigenvalue weighted by Crippen LogP contribution is -2.40. The zero-order valence-electron chi connectivity index (χ0n) is 11.8. The molecule has 1 atom stereocenters. The van der Waals surface area contributed by atoms with Crippen molar-refractivity contribution in [1.82, 2.24) is 5.32 Å². The number of carbonyl (C=O) groups excluding carboxylic acids is 1. The van der Waals surface area contributed by atoms with Gasteiger partial charge in [0.25, 0.3) is 6.43 Å². The summed E-state index contributed by atoms with van der Waals surface area (Å²) >= 11 is 0. The van der Waals surface area contributed by atoms with Gasteiger partial charge >= 0.3 is 6.18 Å². The van der Waals surface area contributed by atoms with Gasteiger partial charge in [-0.25, -0.2) is 8.78 Å². The van der Waals surface area contributed by atoms with Crippen molar-refractivity contribution >= 4 is 5.91 Å². The van der Waals surface area contributed by atoms with E-state index in [4.69, 9.17) is 0 Å². The minimum absolute atomic E-state index is 0.0384. The average Bonchev–Trinajstić information content (AvgIpc) is 2.42. The SMILES string of the molecule is CC[C@@H](NC(=O)Cc1cccc(OCC(F)(F)F)c1)C(F)F. The number of alkyl halides is 5. The Morgan fingerprint density at radius 1 is 1.32 bits per heavy atom. The second-order valence-corrected chi connectivity index (χ2v) is 4.64. The predicted octanol–water partition coefficient (Wildman–Crippen LogP) is 3.33. The summed E-state index contributed by atoms with van der Waals surface area (Å²) in [6.07, 6.45) is -7.26. The molecule has 0 aromatic heterocycles. The molecule has 0 aliphatic heterocycles. The number of benzene rings is 1. The predicted molar refractivity (Wildman–Crippen MR) is 69.9 cm³/mol. The molecule has 0 heterocycles. The van der Waals surface area contributed by atoms with Crippen LogP contribution in [0.2, 0.25) is 0 Å². The van der Waals surface area contributed by atoms with Gasteiger partial charge in [-0.05, 0) is 24.1 Å². The van der Waals surface area contributed by atoms with Crippen molar-refractivity contribution in [2.24, 2.45) is 0 Å². The highest BCUT2D eigenvalue weighted by molar-refractivity contribution is 5.79. The van der Waals surface area contributed by atoms with E-state index in [2.05, 4.69) is 10.1 Å². The second kappa shape index (κ2) is 7.95. The highest BCUT2D eigenvalue weighted by atomic mass is 19.4. The average molecular weight is 325 g/mol. The van der Waals surface area contributed by atoms with E-state index in [1.165, 1.54) is 31.2 Å². The summed E-state index contributed by atoms with van der Waals surface area (Å²) in [6.45, 7) is 0.0780. The number of amides is 1. The minimum atomic E-state index is -4.46. The Balaban J connectivity index is 2.60. The fourth-order valence-corrected chi connectivity index (χ4v) is 1.70. The van der Waals surface area contributed by atoms with E-state index in [1.807, 2.05) is 0 Å². The van der Waals surface area contributed by atoms with Crippen LogP contribution in [0.1, 0.15) is 18.9 Å². The van der Waals surface area contributed by atoms with E-state index < -0.39 is 31.2 Å². The Labute approximate surface area is 124 Å². The number of carbonyl (C=O) groups is 1. The molecule has 1 rings (SSSR count). The van der Waals surface area contributed by atoms with Crippen LogP contribution in [0.25, 0.3) is 0 Å². The number of hydrogen-bond acceptors (Lipinski definition) is 2. The summed E-state index contributed by atoms with van der Waals surface area (Å²) in [5.74, 6) is -0.663. The van der Waals surface area contributed by atoms with Crippen LogP contribution >= 0.6 is 0 Å². The highest BCUT2D eigenvalue weighted by Gasteiger charge is 2.28. The van der Waals surface area contributed by atoms with Crippen LogP contribution in [0, 0.1) is 0 Å². The van der Waals surface area contributed by atoms with Gasteiger partial charge in [-0.1, -0.05) is 19.1 Å². The van der Waals surface area contributed by atoms with Crippen molar-refractivity contribution in [1.29, 1.82) is 0 Å². The van der Waals surface area contributed by atoms with Gasteiger partial charge in [-0.2, -0.15) is 13.2 Å². The van der Waals surface area contributed by atoms with E-state index in [0.29, 0.717) is 5.56 Å². The van der Waals surface area contributed by atoms with Crippen LogP contribution in [0.3, 0.4) is 0 Å². The van der Waals surface area contributed by atoms with Crippen LogP contribution in [0.15, 0.2) is 24.3 Å². The first-order valence-corrected chi connectivity index (χ1v) is 6.57. The van der Waals surface area contributed by atoms with Crippen molar-refractivity contribution in [3.63, 3.8) is 0 Å². The van der Waals surface area contributed by atoms with Crippen molar-refractivity contribution in [2.75, 3.05) is 6.61 Å². The normalized spacial score (nSPS) is 13.0. The quantitative estimate of drug-likeness (QED) is 0.781. The van der Waals surface area contributed by atoms with Gasteiger partial charge in [-0.15, -0.1) is 0 Å². The van der Waals surface area contributed by atoms with E-state index in [-0.39, 0.29) is 18.6 Å². The van der Waals surface area contributed by atoms with Crippen LogP contribution in [0.4, 0.5) is 22.0 Å². The molecule has 1 N–H and O–H groups in total. The number of ether oxygens (including phenoxy) is 1. The van der Waals surface area contributed by atoms with E-state index >= 15 is 0 Å². The summed E-state index contributed by atoms with van der Waals surface area (Å²) in [5.41, 5.74) is 0.376. The number of nitrogens with one attached hydrogen (secondary N) is 1. The minimum Gasteiger partial charge on any atom is -0.484 e. The molecule has 22 heavy (non-hydrogen) atoms. The van der Waals surface area contributed by atoms with Gasteiger partial charge in [0.2, 0.25) is 5.91 Å². The molecule has 8 heteroatoms. The Morgan fingerprint density at radius 2 is 2.00 bits per heavy atom. The standard InChI is InChI=1S/C14H16F5NO2/c1-2-11(13(15)16)20-12(21)7-9-4-3-5-10(6-9)22-8-14(17,18)19/h3-6,11,13H,2,7-8H2,1H3,(H,20,21)/t11-/m1/s1. The summed E-state index contributed by atoms with van der Waals surface area (Å²) < 4.78 is 65.8. The third-order valence-corrected chi connectivity index (χ3v) is 2.76. The third kappa shape index (κ3) is 6.73. The Kier molecular flexibility index (Phi) is 6.58. The van der Waals surface area contributed by atoms with E-state index in [9.17, 15) is 26.7 Å². The Hall–Kier alpha value is -1.86. The maximum absolute atomic E-state index is 12.5. The zero-order valence-corrected chi connectivity index (χ0v) is 11.8. The molecular formula is C14H16F5NO2. The summed E-state index contributed by atoms with van der Waals surface area (Å²) in [6, 6.07) is 4.29. The van der Waals surface area contributed by atoms with Crippen LogP contribution < -0.4 is 10.1 Å². The first-order valence-electron chi connectivity index (χ1n) is 6.57. The highest BCUT2D eigenvalue weighted by Crippen LogP contribution is 2.19. The summed E-state index contributed by atoms with van der Waals surface area (Å²) in [5, 5.41) is 2.18. The molecular weight excluding hydrogens is 309 g/mol. The van der Waals surface area contributed by atoms with Crippen molar-refractivity contribution in [2.45, 2.75) is 38.4 Å². The van der Waals surface area contributed by atoms with Crippen LogP contribution in [-0.2, 0) is 11.2 Å². The fourth-order valence-electron chi connectivity index (χ4n) is 1.70. The molecule has 0 bridgehead atoms. The van der Waals surface area contributed by atoms with Gasteiger partial charge in [0.15, 0.2) is 6.61 Å². The molecule has 0 aliphatic rings. The lowest BCUT2D eigenvalue weighted by Gasteiger charge is -2.16. The lowest BCUT2D eigenvalue weighted by molar-refractivity contribution is -0.153. The molecule has 0 aliphatic carbocycles. The first kappa shape index (κ1) is 18.2.